The van der Waals surface area contributed by atoms with E-state index in [1.807, 2.05) is 12.1 Å². The van der Waals surface area contributed by atoms with Crippen LogP contribution in [0.1, 0.15) is 61.0 Å². The Kier molecular flexibility index (Phi) is 6.24. The number of hydrogen-bond donors (Lipinski definition) is 0. The van der Waals surface area contributed by atoms with Crippen LogP contribution in [0.3, 0.4) is 0 Å². The number of carbonyl (C=O) groups is 1. The maximum atomic E-state index is 15.1. The van der Waals surface area contributed by atoms with E-state index < -0.39 is 20.0 Å². The maximum absolute atomic E-state index is 15.1. The van der Waals surface area contributed by atoms with Crippen molar-refractivity contribution in [1.29, 1.82) is 0 Å². The summed E-state index contributed by atoms with van der Waals surface area (Å²) in [6, 6.07) is 5.15. The number of halogens is 2. The zero-order valence-electron chi connectivity index (χ0n) is 19.3. The van der Waals surface area contributed by atoms with E-state index in [0.29, 0.717) is 24.1 Å². The summed E-state index contributed by atoms with van der Waals surface area (Å²) in [7, 11) is -2.02. The maximum Gasteiger partial charge on any atom is 0.266 e. The number of nitrogens with zero attached hydrogens (tertiary/aromatic N) is 2. The Morgan fingerprint density at radius 3 is 2.69 bits per heavy atom. The molecule has 0 unspecified atom stereocenters. The van der Waals surface area contributed by atoms with Crippen LogP contribution in [0.2, 0.25) is 18.1 Å². The summed E-state index contributed by atoms with van der Waals surface area (Å²) < 4.78 is 28.1. The van der Waals surface area contributed by atoms with Gasteiger partial charge in [0.25, 0.3) is 5.91 Å². The largest absolute Gasteiger partial charge is 0.491 e. The first kappa shape index (κ1) is 23.4. The molecule has 0 bridgehead atoms. The van der Waals surface area contributed by atoms with Crippen LogP contribution < -0.4 is 9.64 Å². The smallest absolute Gasteiger partial charge is 0.266 e. The molecule has 32 heavy (non-hydrogen) atoms. The lowest BCUT2D eigenvalue weighted by atomic mass is 10.0. The normalized spacial score (nSPS) is 17.1. The number of pyridine rings is 1. The molecular weight excluding hydrogens is 491 g/mol. The Bertz CT molecular complexity index is 1050. The number of fused-ring (bicyclic) bond motifs is 1. The molecule has 1 amide bonds. The molecule has 4 rings (SSSR count). The molecule has 1 aromatic heterocycles. The summed E-state index contributed by atoms with van der Waals surface area (Å²) >= 11 is 3.60. The first-order chi connectivity index (χ1) is 15.0. The number of hydrogen-bond acceptors (Lipinski definition) is 4. The van der Waals surface area contributed by atoms with Gasteiger partial charge in [-0.1, -0.05) is 36.7 Å². The molecule has 0 atom stereocenters. The minimum atomic E-state index is -2.02. The minimum absolute atomic E-state index is 0.0232. The third-order valence-electron chi connectivity index (χ3n) is 6.77. The minimum Gasteiger partial charge on any atom is -0.491 e. The zero-order chi connectivity index (χ0) is 23.3. The monoisotopic (exact) mass is 520 g/mol. The summed E-state index contributed by atoms with van der Waals surface area (Å²) in [5.74, 6) is 0.212. The van der Waals surface area contributed by atoms with Crippen molar-refractivity contribution in [3.63, 3.8) is 0 Å². The molecular formula is C24H30BrFN2O3Si. The Labute approximate surface area is 198 Å². The molecule has 1 aliphatic heterocycles. The second-order valence-electron chi connectivity index (χ2n) is 10.1. The van der Waals surface area contributed by atoms with E-state index in [-0.39, 0.29) is 23.8 Å². The van der Waals surface area contributed by atoms with Crippen LogP contribution in [0.25, 0.3) is 0 Å². The van der Waals surface area contributed by atoms with Gasteiger partial charge >= 0.3 is 0 Å². The van der Waals surface area contributed by atoms with Gasteiger partial charge in [-0.2, -0.15) is 0 Å². The van der Waals surface area contributed by atoms with E-state index in [1.165, 1.54) is 11.0 Å². The van der Waals surface area contributed by atoms with Gasteiger partial charge in [0.05, 0.1) is 13.2 Å². The topological polar surface area (TPSA) is 51.7 Å². The highest BCUT2D eigenvalue weighted by atomic mass is 79.9. The van der Waals surface area contributed by atoms with Crippen LogP contribution in [0.15, 0.2) is 28.9 Å². The summed E-state index contributed by atoms with van der Waals surface area (Å²) in [5, 5.41) is 0.0510. The van der Waals surface area contributed by atoms with Crippen LogP contribution in [0.4, 0.5) is 10.2 Å². The zero-order valence-corrected chi connectivity index (χ0v) is 21.9. The summed E-state index contributed by atoms with van der Waals surface area (Å²) in [5.41, 5.74) is 1.67. The first-order valence-corrected chi connectivity index (χ1v) is 14.7. The molecule has 2 aromatic rings. The molecule has 1 aromatic carbocycles. The van der Waals surface area contributed by atoms with Crippen molar-refractivity contribution in [1.82, 2.24) is 4.98 Å². The number of benzene rings is 1. The van der Waals surface area contributed by atoms with E-state index in [1.54, 1.807) is 6.20 Å². The molecule has 172 valence electrons. The Morgan fingerprint density at radius 1 is 1.31 bits per heavy atom. The first-order valence-electron chi connectivity index (χ1n) is 11.0. The third kappa shape index (κ3) is 4.50. The predicted octanol–water partition coefficient (Wildman–Crippen LogP) is 6.42. The molecule has 0 saturated heterocycles. The van der Waals surface area contributed by atoms with Gasteiger partial charge in [-0.25, -0.2) is 9.37 Å². The molecule has 2 aliphatic rings. The van der Waals surface area contributed by atoms with Gasteiger partial charge in [0.2, 0.25) is 0 Å². The lowest BCUT2D eigenvalue weighted by Gasteiger charge is -2.36. The summed E-state index contributed by atoms with van der Waals surface area (Å²) in [6.07, 6.45) is 3.75. The number of carbonyl (C=O) groups excluding carboxylic acids is 1. The molecule has 0 spiro atoms. The highest BCUT2D eigenvalue weighted by Gasteiger charge is 2.38. The predicted molar refractivity (Wildman–Crippen MR) is 129 cm³/mol. The summed E-state index contributed by atoms with van der Waals surface area (Å²) in [4.78, 5) is 19.5. The van der Waals surface area contributed by atoms with Gasteiger partial charge in [0, 0.05) is 16.2 Å². The molecule has 0 radical (unpaired) electrons. The fourth-order valence-electron chi connectivity index (χ4n) is 3.55. The second kappa shape index (κ2) is 8.54. The van der Waals surface area contributed by atoms with Crippen molar-refractivity contribution in [3.05, 3.63) is 51.4 Å². The van der Waals surface area contributed by atoms with Crippen LogP contribution in [0.5, 0.6) is 5.75 Å². The van der Waals surface area contributed by atoms with Gasteiger partial charge in [-0.05, 0) is 60.7 Å². The molecule has 2 heterocycles. The molecule has 8 heteroatoms. The molecule has 5 nitrogen and oxygen atoms in total. The molecule has 1 saturated carbocycles. The average Bonchev–Trinajstić information content (AvgIpc) is 3.54. The van der Waals surface area contributed by atoms with Gasteiger partial charge in [-0.15, -0.1) is 0 Å². The highest BCUT2D eigenvalue weighted by Crippen LogP contribution is 2.43. The third-order valence-corrected chi connectivity index (χ3v) is 12.0. The number of anilines is 1. The molecule has 1 aliphatic carbocycles. The average molecular weight is 522 g/mol. The van der Waals surface area contributed by atoms with E-state index in [0.717, 1.165) is 28.4 Å². The van der Waals surface area contributed by atoms with Crippen LogP contribution in [-0.4, -0.2) is 32.4 Å². The van der Waals surface area contributed by atoms with Gasteiger partial charge < -0.3 is 9.16 Å². The Morgan fingerprint density at radius 2 is 2.03 bits per heavy atom. The Hall–Kier alpha value is -1.77. The van der Waals surface area contributed by atoms with E-state index in [4.69, 9.17) is 9.16 Å². The van der Waals surface area contributed by atoms with Crippen molar-refractivity contribution < 1.29 is 18.3 Å². The van der Waals surface area contributed by atoms with E-state index in [2.05, 4.69) is 54.8 Å². The van der Waals surface area contributed by atoms with E-state index in [9.17, 15) is 4.79 Å². The Balaban J connectivity index is 1.68. The van der Waals surface area contributed by atoms with Gasteiger partial charge in [0.1, 0.15) is 29.6 Å². The molecule has 1 fully saturated rings. The lowest BCUT2D eigenvalue weighted by molar-refractivity contribution is 0.0985. The van der Waals surface area contributed by atoms with Crippen molar-refractivity contribution in [2.45, 2.75) is 64.3 Å². The number of rotatable bonds is 5. The fourth-order valence-corrected chi connectivity index (χ4v) is 4.90. The van der Waals surface area contributed by atoms with E-state index >= 15 is 4.39 Å². The quantitative estimate of drug-likeness (QED) is 0.426. The highest BCUT2D eigenvalue weighted by molar-refractivity contribution is 9.10. The van der Waals surface area contributed by atoms with Crippen molar-refractivity contribution in [3.8, 4) is 5.75 Å². The van der Waals surface area contributed by atoms with Gasteiger partial charge in [0.15, 0.2) is 8.32 Å². The van der Waals surface area contributed by atoms with Crippen LogP contribution in [0, 0.1) is 5.82 Å². The second-order valence-corrected chi connectivity index (χ2v) is 15.8. The van der Waals surface area contributed by atoms with Crippen molar-refractivity contribution in [2.75, 3.05) is 18.1 Å². The van der Waals surface area contributed by atoms with Gasteiger partial charge in [-0.3, -0.25) is 9.69 Å². The molecule has 0 N–H and O–H groups in total. The summed E-state index contributed by atoms with van der Waals surface area (Å²) in [6.45, 7) is 11.8. The lowest BCUT2D eigenvalue weighted by Crippen LogP contribution is -2.41. The van der Waals surface area contributed by atoms with Crippen molar-refractivity contribution >= 4 is 36.0 Å². The van der Waals surface area contributed by atoms with Crippen LogP contribution in [-0.2, 0) is 11.0 Å². The number of aromatic nitrogens is 1. The SMILES string of the molecule is CC(C)(C)[Si](C)(C)OCc1c(Br)ccnc1N1CCOc2cc(C3CC3)cc(F)c2C1=O. The van der Waals surface area contributed by atoms with Crippen LogP contribution >= 0.6 is 15.9 Å². The fraction of sp³-hybridized carbons (Fsp3) is 0.500. The van der Waals surface area contributed by atoms with Crippen molar-refractivity contribution in [2.24, 2.45) is 0 Å². The number of amides is 1. The standard InChI is InChI=1S/C24H30BrFN2O3Si/c1-24(2,3)32(4,5)31-14-17-18(25)8-9-27-22(17)28-10-11-30-20-13-16(15-6-7-15)12-19(26)21(20)23(28)29/h8-9,12-13,15H,6-7,10-11,14H2,1-5H3. The number of ether oxygens (including phenoxy) is 1.